The predicted molar refractivity (Wildman–Crippen MR) is 64.8 cm³/mol. The molecule has 0 heteroatoms. The molecule has 0 aliphatic heterocycles. The molecule has 7 unspecified atom stereocenters. The molecule has 0 aromatic carbocycles. The lowest BCUT2D eigenvalue weighted by Crippen LogP contribution is -2.75. The third-order valence-electron chi connectivity index (χ3n) is 8.55. The summed E-state index contributed by atoms with van der Waals surface area (Å²) < 4.78 is 0. The SMILES string of the molecule is CC1C2(C)CC2C23C=C2C2C3C1(C)C2(C)C. The van der Waals surface area contributed by atoms with E-state index in [9.17, 15) is 0 Å². The molecule has 0 bridgehead atoms. The van der Waals surface area contributed by atoms with Crippen molar-refractivity contribution < 1.29 is 0 Å². The predicted octanol–water partition coefficient (Wildman–Crippen LogP) is 3.88. The molecule has 1 spiro atoms. The summed E-state index contributed by atoms with van der Waals surface area (Å²) in [6.07, 6.45) is 4.21. The van der Waals surface area contributed by atoms with Crippen LogP contribution in [0, 0.1) is 45.3 Å². The van der Waals surface area contributed by atoms with E-state index in [4.69, 9.17) is 0 Å². The van der Waals surface area contributed by atoms with Crippen LogP contribution in [0.5, 0.6) is 0 Å². The Kier molecular flexibility index (Phi) is 0.920. The van der Waals surface area contributed by atoms with E-state index in [1.165, 1.54) is 6.42 Å². The van der Waals surface area contributed by atoms with Gasteiger partial charge in [-0.2, -0.15) is 0 Å². The van der Waals surface area contributed by atoms with Crippen molar-refractivity contribution >= 4 is 0 Å². The number of hydrogen-bond acceptors (Lipinski definition) is 0. The summed E-state index contributed by atoms with van der Waals surface area (Å²) in [5.41, 5.74) is 4.46. The van der Waals surface area contributed by atoms with Gasteiger partial charge < -0.3 is 0 Å². The van der Waals surface area contributed by atoms with Crippen molar-refractivity contribution in [1.29, 1.82) is 0 Å². The summed E-state index contributed by atoms with van der Waals surface area (Å²) >= 11 is 0. The second kappa shape index (κ2) is 1.68. The molecular weight excluding hydrogens is 192 g/mol. The Morgan fingerprint density at radius 1 is 1.19 bits per heavy atom. The van der Waals surface area contributed by atoms with Crippen molar-refractivity contribution in [3.8, 4) is 0 Å². The minimum Gasteiger partial charge on any atom is -0.0732 e. The van der Waals surface area contributed by atoms with Crippen LogP contribution >= 0.6 is 0 Å². The zero-order chi connectivity index (χ0) is 11.3. The van der Waals surface area contributed by atoms with Crippen molar-refractivity contribution in [2.75, 3.05) is 0 Å². The minimum atomic E-state index is 0.569. The molecule has 7 atom stereocenters. The lowest BCUT2D eigenvalue weighted by Gasteiger charge is -2.79. The van der Waals surface area contributed by atoms with Crippen LogP contribution in [-0.2, 0) is 0 Å². The highest BCUT2D eigenvalue weighted by atomic mass is 15.0. The number of rotatable bonds is 0. The van der Waals surface area contributed by atoms with E-state index in [2.05, 4.69) is 40.7 Å². The molecule has 0 radical (unpaired) electrons. The Hall–Kier alpha value is -0.260. The van der Waals surface area contributed by atoms with Crippen molar-refractivity contribution in [3.05, 3.63) is 11.6 Å². The maximum Gasteiger partial charge on any atom is 0.0171 e. The van der Waals surface area contributed by atoms with Gasteiger partial charge in [0.05, 0.1) is 0 Å². The standard InChI is InChI=1S/C16H22/c1-8-14(4)7-10(14)16-6-9(16)11-12(16)15(8,5)13(11,2)3/h6,8,10-12H,7H2,1-5H3. The molecule has 5 aliphatic carbocycles. The van der Waals surface area contributed by atoms with E-state index in [1.807, 2.05) is 5.57 Å². The summed E-state index contributed by atoms with van der Waals surface area (Å²) in [7, 11) is 0. The van der Waals surface area contributed by atoms with Crippen LogP contribution in [0.3, 0.4) is 0 Å². The van der Waals surface area contributed by atoms with E-state index < -0.39 is 0 Å². The van der Waals surface area contributed by atoms with Gasteiger partial charge in [0.2, 0.25) is 0 Å². The van der Waals surface area contributed by atoms with Crippen LogP contribution in [-0.4, -0.2) is 0 Å². The first kappa shape index (κ1) is 8.78. The third kappa shape index (κ3) is 0.446. The highest BCUT2D eigenvalue weighted by Gasteiger charge is 2.93. The molecule has 5 rings (SSSR count). The first-order chi connectivity index (χ1) is 7.33. The molecule has 0 saturated heterocycles. The number of fused-ring (bicyclic) bond motifs is 2. The molecule has 4 saturated carbocycles. The topological polar surface area (TPSA) is 0 Å². The van der Waals surface area contributed by atoms with Crippen molar-refractivity contribution in [2.45, 2.75) is 41.0 Å². The number of allylic oxidation sites excluding steroid dienone is 2. The van der Waals surface area contributed by atoms with Gasteiger partial charge >= 0.3 is 0 Å². The zero-order valence-electron chi connectivity index (χ0n) is 11.1. The van der Waals surface area contributed by atoms with Crippen molar-refractivity contribution in [3.63, 3.8) is 0 Å². The first-order valence-corrected chi connectivity index (χ1v) is 7.06. The maximum atomic E-state index is 2.69. The van der Waals surface area contributed by atoms with Gasteiger partial charge in [-0.25, -0.2) is 0 Å². The molecule has 0 amide bonds. The average Bonchev–Trinajstić information content (AvgIpc) is 3.01. The number of hydrogen-bond donors (Lipinski definition) is 0. The Labute approximate surface area is 98.5 Å². The molecule has 4 fully saturated rings. The van der Waals surface area contributed by atoms with E-state index in [0.717, 1.165) is 23.7 Å². The van der Waals surface area contributed by atoms with Crippen LogP contribution in [0.4, 0.5) is 0 Å². The molecule has 16 heavy (non-hydrogen) atoms. The van der Waals surface area contributed by atoms with Crippen molar-refractivity contribution in [1.82, 2.24) is 0 Å². The summed E-state index contributed by atoms with van der Waals surface area (Å²) in [5, 5.41) is 0. The van der Waals surface area contributed by atoms with Crippen LogP contribution in [0.15, 0.2) is 11.6 Å². The van der Waals surface area contributed by atoms with Gasteiger partial charge in [0.1, 0.15) is 0 Å². The third-order valence-corrected chi connectivity index (χ3v) is 8.55. The van der Waals surface area contributed by atoms with Crippen LogP contribution < -0.4 is 0 Å². The monoisotopic (exact) mass is 214 g/mol. The lowest BCUT2D eigenvalue weighted by molar-refractivity contribution is -0.290. The smallest absolute Gasteiger partial charge is 0.0171 e. The highest BCUT2D eigenvalue weighted by Crippen LogP contribution is 2.98. The quantitative estimate of drug-likeness (QED) is 0.537. The average molecular weight is 214 g/mol. The summed E-state index contributed by atoms with van der Waals surface area (Å²) in [5.74, 6) is 4.00. The van der Waals surface area contributed by atoms with Crippen LogP contribution in [0.25, 0.3) is 0 Å². The molecule has 86 valence electrons. The zero-order valence-corrected chi connectivity index (χ0v) is 11.1. The van der Waals surface area contributed by atoms with Gasteiger partial charge in [-0.3, -0.25) is 0 Å². The van der Waals surface area contributed by atoms with E-state index in [1.54, 1.807) is 0 Å². The van der Waals surface area contributed by atoms with E-state index >= 15 is 0 Å². The Bertz CT molecular complexity index is 484. The molecule has 0 aromatic heterocycles. The minimum absolute atomic E-state index is 0.569. The molecule has 0 nitrogen and oxygen atoms in total. The van der Waals surface area contributed by atoms with E-state index in [-0.39, 0.29) is 0 Å². The van der Waals surface area contributed by atoms with Gasteiger partial charge in [0.15, 0.2) is 0 Å². The normalized spacial score (nSPS) is 74.7. The van der Waals surface area contributed by atoms with Crippen LogP contribution in [0.2, 0.25) is 0 Å². The largest absolute Gasteiger partial charge is 0.0732 e. The van der Waals surface area contributed by atoms with Gasteiger partial charge in [-0.05, 0) is 46.3 Å². The van der Waals surface area contributed by atoms with Gasteiger partial charge in [0.25, 0.3) is 0 Å². The fourth-order valence-corrected chi connectivity index (χ4v) is 7.10. The summed E-state index contributed by atoms with van der Waals surface area (Å²) in [4.78, 5) is 0. The highest BCUT2D eigenvalue weighted by molar-refractivity contribution is 5.63. The molecular formula is C16H22. The lowest BCUT2D eigenvalue weighted by atomic mass is 9.24. The molecule has 0 aromatic rings. The van der Waals surface area contributed by atoms with Gasteiger partial charge in [0, 0.05) is 5.41 Å². The van der Waals surface area contributed by atoms with Crippen LogP contribution in [0.1, 0.15) is 41.0 Å². The Balaban J connectivity index is 1.75. The van der Waals surface area contributed by atoms with Gasteiger partial charge in [-0.15, -0.1) is 0 Å². The molecule has 5 aliphatic rings. The Morgan fingerprint density at radius 3 is 2.56 bits per heavy atom. The molecule has 0 N–H and O–H groups in total. The fourth-order valence-electron chi connectivity index (χ4n) is 7.10. The van der Waals surface area contributed by atoms with Crippen molar-refractivity contribution in [2.24, 2.45) is 45.3 Å². The van der Waals surface area contributed by atoms with Gasteiger partial charge in [-0.1, -0.05) is 46.3 Å². The first-order valence-electron chi connectivity index (χ1n) is 7.06. The summed E-state index contributed by atoms with van der Waals surface area (Å²) in [6.45, 7) is 12.8. The van der Waals surface area contributed by atoms with E-state index in [0.29, 0.717) is 21.7 Å². The summed E-state index contributed by atoms with van der Waals surface area (Å²) in [6, 6.07) is 0. The second-order valence-electron chi connectivity index (χ2n) is 8.48. The second-order valence-corrected chi connectivity index (χ2v) is 8.48. The maximum absolute atomic E-state index is 2.69. The molecule has 0 heterocycles. The Morgan fingerprint density at radius 2 is 1.88 bits per heavy atom. The fraction of sp³-hybridized carbons (Fsp3) is 0.875.